The second kappa shape index (κ2) is 7.58. The topological polar surface area (TPSA) is 120 Å². The first-order chi connectivity index (χ1) is 11.2. The molecule has 134 valence electrons. The minimum Gasteiger partial charge on any atom is -0.481 e. The van der Waals surface area contributed by atoms with Crippen LogP contribution in [-0.2, 0) is 14.8 Å². The van der Waals surface area contributed by atoms with Crippen LogP contribution in [0.5, 0.6) is 0 Å². The summed E-state index contributed by atoms with van der Waals surface area (Å²) in [5.74, 6) is -0.798. The van der Waals surface area contributed by atoms with E-state index in [-0.39, 0.29) is 10.6 Å². The Morgan fingerprint density at radius 3 is 2.54 bits per heavy atom. The van der Waals surface area contributed by atoms with Gasteiger partial charge in [0.1, 0.15) is 10.6 Å². The minimum absolute atomic E-state index is 0.0403. The quantitative estimate of drug-likeness (QED) is 0.669. The Balaban J connectivity index is 2.09. The maximum Gasteiger partial charge on any atom is 0.308 e. The van der Waals surface area contributed by atoms with Gasteiger partial charge in [-0.1, -0.05) is 0 Å². The summed E-state index contributed by atoms with van der Waals surface area (Å²) in [6.07, 6.45) is 1.29. The van der Waals surface area contributed by atoms with Crippen LogP contribution in [0.3, 0.4) is 0 Å². The zero-order valence-corrected chi connectivity index (χ0v) is 15.1. The molecule has 1 aliphatic heterocycles. The first kappa shape index (κ1) is 18.8. The summed E-state index contributed by atoms with van der Waals surface area (Å²) in [6, 6.07) is 0.697. The molecule has 1 aromatic heterocycles. The van der Waals surface area contributed by atoms with Gasteiger partial charge in [-0.05, 0) is 19.9 Å². The van der Waals surface area contributed by atoms with Gasteiger partial charge in [0.15, 0.2) is 0 Å². The molecule has 0 radical (unpaired) electrons. The Bertz CT molecular complexity index is 710. The van der Waals surface area contributed by atoms with Gasteiger partial charge < -0.3 is 15.4 Å². The van der Waals surface area contributed by atoms with Crippen molar-refractivity contribution in [1.82, 2.24) is 14.6 Å². The van der Waals surface area contributed by atoms with Gasteiger partial charge in [0, 0.05) is 36.8 Å². The predicted octanol–water partition coefficient (Wildman–Crippen LogP) is 0.591. The molecule has 0 aromatic carbocycles. The van der Waals surface area contributed by atoms with Crippen molar-refractivity contribution in [2.75, 3.05) is 24.6 Å². The van der Waals surface area contributed by atoms with Crippen LogP contribution in [-0.4, -0.2) is 65.3 Å². The third-order valence-electron chi connectivity index (χ3n) is 4.01. The number of aromatic nitrogens is 1. The summed E-state index contributed by atoms with van der Waals surface area (Å²) in [5, 5.41) is 11.5. The van der Waals surface area contributed by atoms with E-state index in [9.17, 15) is 18.0 Å². The van der Waals surface area contributed by atoms with E-state index in [2.05, 4.69) is 10.3 Å². The average Bonchev–Trinajstić information content (AvgIpc) is 3.05. The fourth-order valence-electron chi connectivity index (χ4n) is 2.21. The third kappa shape index (κ3) is 4.11. The van der Waals surface area contributed by atoms with E-state index >= 15 is 0 Å². The number of thioether (sulfide) groups is 1. The zero-order chi connectivity index (χ0) is 17.9. The number of carboxylic acids is 1. The lowest BCUT2D eigenvalue weighted by Gasteiger charge is -2.24. The molecule has 1 aliphatic rings. The van der Waals surface area contributed by atoms with Gasteiger partial charge in [0.25, 0.3) is 5.91 Å². The number of aliphatic carboxylic acids is 1. The molecular weight excluding hydrogens is 354 g/mol. The number of nitrogens with zero attached hydrogens (tertiary/aromatic N) is 1. The average molecular weight is 375 g/mol. The standard InChI is InChI=1S/C14H21N3O5S2/c1-9(14(19)20)10(2)16-13(18)12-7-11(8-15-12)24(21,22)17-3-5-23-6-4-17/h7-10,15H,3-6H2,1-2H3,(H,16,18)(H,19,20). The van der Waals surface area contributed by atoms with Gasteiger partial charge in [-0.25, -0.2) is 8.42 Å². The van der Waals surface area contributed by atoms with Crippen LogP contribution < -0.4 is 5.32 Å². The molecule has 2 unspecified atom stereocenters. The van der Waals surface area contributed by atoms with Crippen LogP contribution in [0.1, 0.15) is 24.3 Å². The lowest BCUT2D eigenvalue weighted by atomic mass is 10.0. The molecule has 0 spiro atoms. The largest absolute Gasteiger partial charge is 0.481 e. The summed E-state index contributed by atoms with van der Waals surface area (Å²) in [4.78, 5) is 25.8. The van der Waals surface area contributed by atoms with E-state index in [0.717, 1.165) is 11.5 Å². The van der Waals surface area contributed by atoms with Crippen molar-refractivity contribution in [3.8, 4) is 0 Å². The fourth-order valence-corrected chi connectivity index (χ4v) is 4.78. The molecule has 0 saturated carbocycles. The lowest BCUT2D eigenvalue weighted by Crippen LogP contribution is -2.40. The number of sulfonamides is 1. The van der Waals surface area contributed by atoms with Gasteiger partial charge in [0.05, 0.1) is 5.92 Å². The molecule has 0 bridgehead atoms. The van der Waals surface area contributed by atoms with E-state index in [4.69, 9.17) is 5.11 Å². The van der Waals surface area contributed by atoms with Crippen molar-refractivity contribution in [3.05, 3.63) is 18.0 Å². The second-order valence-corrected chi connectivity index (χ2v) is 8.82. The number of nitrogens with one attached hydrogen (secondary N) is 2. The highest BCUT2D eigenvalue weighted by atomic mass is 32.2. The van der Waals surface area contributed by atoms with Gasteiger partial charge in [-0.2, -0.15) is 16.1 Å². The first-order valence-corrected chi connectivity index (χ1v) is 10.1. The SMILES string of the molecule is CC(NC(=O)c1cc(S(=O)(=O)N2CCSCC2)c[nH]1)C(C)C(=O)O. The molecule has 2 heterocycles. The van der Waals surface area contributed by atoms with E-state index in [1.54, 1.807) is 18.7 Å². The molecule has 2 atom stereocenters. The van der Waals surface area contributed by atoms with Crippen LogP contribution in [0.15, 0.2) is 17.2 Å². The summed E-state index contributed by atoms with van der Waals surface area (Å²) in [7, 11) is -3.62. The van der Waals surface area contributed by atoms with E-state index in [0.29, 0.717) is 13.1 Å². The van der Waals surface area contributed by atoms with Crippen molar-refractivity contribution in [1.29, 1.82) is 0 Å². The molecule has 1 amide bonds. The second-order valence-electron chi connectivity index (χ2n) is 5.65. The Hall–Kier alpha value is -1.52. The van der Waals surface area contributed by atoms with Crippen LogP contribution in [0.25, 0.3) is 0 Å². The van der Waals surface area contributed by atoms with Crippen LogP contribution in [0.4, 0.5) is 0 Å². The molecule has 1 saturated heterocycles. The molecule has 1 aromatic rings. The maximum atomic E-state index is 12.5. The lowest BCUT2D eigenvalue weighted by molar-refractivity contribution is -0.141. The highest BCUT2D eigenvalue weighted by molar-refractivity contribution is 7.99. The highest BCUT2D eigenvalue weighted by Gasteiger charge is 2.28. The van der Waals surface area contributed by atoms with Crippen molar-refractivity contribution < 1.29 is 23.1 Å². The fraction of sp³-hybridized carbons (Fsp3) is 0.571. The van der Waals surface area contributed by atoms with Crippen molar-refractivity contribution in [2.45, 2.75) is 24.8 Å². The smallest absolute Gasteiger partial charge is 0.308 e. The van der Waals surface area contributed by atoms with Gasteiger partial charge in [0.2, 0.25) is 10.0 Å². The zero-order valence-electron chi connectivity index (χ0n) is 13.5. The summed E-state index contributed by atoms with van der Waals surface area (Å²) < 4.78 is 26.5. The van der Waals surface area contributed by atoms with E-state index < -0.39 is 33.9 Å². The number of amides is 1. The summed E-state index contributed by atoms with van der Waals surface area (Å²) in [6.45, 7) is 3.98. The number of rotatable bonds is 6. The van der Waals surface area contributed by atoms with Crippen LogP contribution in [0.2, 0.25) is 0 Å². The van der Waals surface area contributed by atoms with Gasteiger partial charge >= 0.3 is 5.97 Å². The number of hydrogen-bond acceptors (Lipinski definition) is 5. The van der Waals surface area contributed by atoms with Gasteiger partial charge in [-0.3, -0.25) is 9.59 Å². The van der Waals surface area contributed by atoms with Crippen LogP contribution >= 0.6 is 11.8 Å². The van der Waals surface area contributed by atoms with E-state index in [1.165, 1.54) is 23.5 Å². The number of aromatic amines is 1. The molecule has 1 fully saturated rings. The number of carbonyl (C=O) groups is 2. The Morgan fingerprint density at radius 1 is 1.33 bits per heavy atom. The number of hydrogen-bond donors (Lipinski definition) is 3. The van der Waals surface area contributed by atoms with E-state index in [1.807, 2.05) is 0 Å². The normalized spacial score (nSPS) is 18.8. The summed E-state index contributed by atoms with van der Waals surface area (Å²) in [5.41, 5.74) is 0.0874. The Kier molecular flexibility index (Phi) is 5.94. The highest BCUT2D eigenvalue weighted by Crippen LogP contribution is 2.21. The first-order valence-electron chi connectivity index (χ1n) is 7.53. The number of carboxylic acid groups (broad SMARTS) is 1. The van der Waals surface area contributed by atoms with Crippen molar-refractivity contribution >= 4 is 33.7 Å². The molecule has 10 heteroatoms. The van der Waals surface area contributed by atoms with Crippen molar-refractivity contribution in [2.24, 2.45) is 5.92 Å². The predicted molar refractivity (Wildman–Crippen MR) is 90.6 cm³/mol. The molecule has 0 aliphatic carbocycles. The number of carbonyl (C=O) groups excluding carboxylic acids is 1. The van der Waals surface area contributed by atoms with Crippen molar-refractivity contribution in [3.63, 3.8) is 0 Å². The molecular formula is C14H21N3O5S2. The Labute approximate surface area is 145 Å². The molecule has 3 N–H and O–H groups in total. The monoisotopic (exact) mass is 375 g/mol. The summed E-state index contributed by atoms with van der Waals surface area (Å²) >= 11 is 1.71. The molecule has 24 heavy (non-hydrogen) atoms. The Morgan fingerprint density at radius 2 is 1.96 bits per heavy atom. The minimum atomic E-state index is -3.62. The molecule has 8 nitrogen and oxygen atoms in total. The van der Waals surface area contributed by atoms with Gasteiger partial charge in [-0.15, -0.1) is 0 Å². The number of H-pyrrole nitrogens is 1. The van der Waals surface area contributed by atoms with Crippen LogP contribution in [0, 0.1) is 5.92 Å². The molecule has 2 rings (SSSR count). The third-order valence-corrected chi connectivity index (χ3v) is 6.83. The maximum absolute atomic E-state index is 12.5.